The molecule has 0 saturated carbocycles. The number of allylic oxidation sites excluding steroid dienone is 8. The van der Waals surface area contributed by atoms with Crippen LogP contribution < -0.4 is 0 Å². The lowest BCUT2D eigenvalue weighted by Gasteiger charge is -2.18. The van der Waals surface area contributed by atoms with E-state index in [1.165, 1.54) is 212 Å². The van der Waals surface area contributed by atoms with Crippen LogP contribution in [0.3, 0.4) is 0 Å². The van der Waals surface area contributed by atoms with Gasteiger partial charge in [-0.1, -0.05) is 288 Å². The first-order valence-corrected chi connectivity index (χ1v) is 31.6. The SMILES string of the molecule is CC/C=C\C/C=C\C/C=C\CCCCCC(=O)OC(COC(=O)CCCCCCCCCC)COC(=O)CCCCCCCCCCCCCCCCCCCCCCC/C=C\CCCCCCCCCC. The Kier molecular flexibility index (Phi) is 58.7. The third-order valence-electron chi connectivity index (χ3n) is 14.1. The lowest BCUT2D eigenvalue weighted by molar-refractivity contribution is -0.167. The van der Waals surface area contributed by atoms with Crippen LogP contribution in [0.5, 0.6) is 0 Å². The Bertz CT molecular complexity index is 1250. The van der Waals surface area contributed by atoms with E-state index in [4.69, 9.17) is 14.2 Å². The van der Waals surface area contributed by atoms with Crippen LogP contribution in [0, 0.1) is 0 Å². The summed E-state index contributed by atoms with van der Waals surface area (Å²) >= 11 is 0. The molecule has 1 unspecified atom stereocenters. The number of unbranched alkanes of at least 4 members (excludes halogenated alkanes) is 39. The van der Waals surface area contributed by atoms with Gasteiger partial charge in [-0.25, -0.2) is 0 Å². The smallest absolute Gasteiger partial charge is 0.306 e. The van der Waals surface area contributed by atoms with Crippen LogP contribution in [0.15, 0.2) is 48.6 Å². The van der Waals surface area contributed by atoms with Gasteiger partial charge in [0.1, 0.15) is 13.2 Å². The molecular formula is C66H120O6. The Hall–Kier alpha value is -2.63. The van der Waals surface area contributed by atoms with Crippen molar-refractivity contribution in [2.24, 2.45) is 0 Å². The summed E-state index contributed by atoms with van der Waals surface area (Å²) in [5.74, 6) is -0.902. The number of hydrogen-bond acceptors (Lipinski definition) is 6. The average molecular weight is 1010 g/mol. The number of carbonyl (C=O) groups is 3. The summed E-state index contributed by atoms with van der Waals surface area (Å²) in [7, 11) is 0. The highest BCUT2D eigenvalue weighted by Gasteiger charge is 2.19. The van der Waals surface area contributed by atoms with Gasteiger partial charge in [0.05, 0.1) is 0 Å². The molecule has 0 aromatic rings. The van der Waals surface area contributed by atoms with Crippen molar-refractivity contribution in [3.63, 3.8) is 0 Å². The van der Waals surface area contributed by atoms with Crippen molar-refractivity contribution in [3.8, 4) is 0 Å². The second kappa shape index (κ2) is 60.9. The largest absolute Gasteiger partial charge is 0.462 e. The van der Waals surface area contributed by atoms with Gasteiger partial charge in [0.15, 0.2) is 6.10 Å². The van der Waals surface area contributed by atoms with E-state index in [9.17, 15) is 14.4 Å². The fraction of sp³-hybridized carbons (Fsp3) is 0.833. The minimum Gasteiger partial charge on any atom is -0.462 e. The molecule has 420 valence electrons. The maximum atomic E-state index is 12.8. The van der Waals surface area contributed by atoms with Crippen molar-refractivity contribution < 1.29 is 28.6 Å². The zero-order valence-electron chi connectivity index (χ0n) is 48.2. The van der Waals surface area contributed by atoms with Crippen LogP contribution in [-0.4, -0.2) is 37.2 Å². The molecule has 0 amide bonds. The van der Waals surface area contributed by atoms with E-state index < -0.39 is 6.10 Å². The summed E-state index contributed by atoms with van der Waals surface area (Å²) in [5, 5.41) is 0. The predicted octanol–water partition coefficient (Wildman–Crippen LogP) is 21.4. The fourth-order valence-electron chi connectivity index (χ4n) is 9.34. The number of hydrogen-bond donors (Lipinski definition) is 0. The molecule has 0 N–H and O–H groups in total. The maximum absolute atomic E-state index is 12.8. The molecule has 6 heteroatoms. The molecule has 0 aliphatic rings. The summed E-state index contributed by atoms with van der Waals surface area (Å²) in [6.07, 6.45) is 76.0. The fourth-order valence-corrected chi connectivity index (χ4v) is 9.34. The molecule has 0 bridgehead atoms. The zero-order valence-corrected chi connectivity index (χ0v) is 48.2. The first-order valence-electron chi connectivity index (χ1n) is 31.6. The molecular weight excluding hydrogens is 889 g/mol. The highest BCUT2D eigenvalue weighted by Crippen LogP contribution is 2.17. The van der Waals surface area contributed by atoms with Gasteiger partial charge >= 0.3 is 17.9 Å². The summed E-state index contributed by atoms with van der Waals surface area (Å²) in [6, 6.07) is 0. The van der Waals surface area contributed by atoms with Crippen LogP contribution in [-0.2, 0) is 28.6 Å². The predicted molar refractivity (Wildman–Crippen MR) is 312 cm³/mol. The molecule has 0 aliphatic carbocycles. The second-order valence-corrected chi connectivity index (χ2v) is 21.3. The molecule has 0 rings (SSSR count). The molecule has 72 heavy (non-hydrogen) atoms. The molecule has 1 atom stereocenters. The first kappa shape index (κ1) is 69.4. The van der Waals surface area contributed by atoms with E-state index in [2.05, 4.69) is 69.4 Å². The number of esters is 3. The van der Waals surface area contributed by atoms with E-state index in [1.54, 1.807) is 0 Å². The third kappa shape index (κ3) is 58.3. The molecule has 0 aromatic heterocycles. The van der Waals surface area contributed by atoms with Crippen molar-refractivity contribution >= 4 is 17.9 Å². The summed E-state index contributed by atoms with van der Waals surface area (Å²) in [4.78, 5) is 38.0. The summed E-state index contributed by atoms with van der Waals surface area (Å²) < 4.78 is 16.8. The lowest BCUT2D eigenvalue weighted by Crippen LogP contribution is -2.30. The Balaban J connectivity index is 3.96. The van der Waals surface area contributed by atoms with Gasteiger partial charge in [-0.2, -0.15) is 0 Å². The van der Waals surface area contributed by atoms with Crippen molar-refractivity contribution in [3.05, 3.63) is 48.6 Å². The Labute approximate surface area is 448 Å². The molecule has 6 nitrogen and oxygen atoms in total. The Morgan fingerprint density at radius 1 is 0.292 bits per heavy atom. The van der Waals surface area contributed by atoms with E-state index in [0.717, 1.165) is 83.5 Å². The molecule has 0 heterocycles. The van der Waals surface area contributed by atoms with Crippen molar-refractivity contribution in [1.29, 1.82) is 0 Å². The second-order valence-electron chi connectivity index (χ2n) is 21.3. The Morgan fingerprint density at radius 3 is 0.875 bits per heavy atom. The van der Waals surface area contributed by atoms with Gasteiger partial charge in [-0.15, -0.1) is 0 Å². The first-order chi connectivity index (χ1) is 35.5. The van der Waals surface area contributed by atoms with E-state index in [-0.39, 0.29) is 31.1 Å². The van der Waals surface area contributed by atoms with Gasteiger partial charge in [0.25, 0.3) is 0 Å². The zero-order chi connectivity index (χ0) is 52.2. The van der Waals surface area contributed by atoms with E-state index in [0.29, 0.717) is 19.3 Å². The minimum atomic E-state index is -0.783. The molecule has 0 aromatic carbocycles. The summed E-state index contributed by atoms with van der Waals surface area (Å²) in [5.41, 5.74) is 0. The molecule has 0 fully saturated rings. The van der Waals surface area contributed by atoms with Crippen LogP contribution in [0.25, 0.3) is 0 Å². The van der Waals surface area contributed by atoms with Crippen molar-refractivity contribution in [1.82, 2.24) is 0 Å². The third-order valence-corrected chi connectivity index (χ3v) is 14.1. The molecule has 0 spiro atoms. The van der Waals surface area contributed by atoms with Gasteiger partial charge in [0, 0.05) is 19.3 Å². The topological polar surface area (TPSA) is 78.9 Å². The van der Waals surface area contributed by atoms with Gasteiger partial charge < -0.3 is 14.2 Å². The standard InChI is InChI=1S/C66H120O6/c1-4-7-10-13-16-19-21-23-24-25-26-27-28-29-30-31-32-33-34-35-36-37-38-39-40-41-42-44-45-47-50-53-56-59-65(68)71-62-63(61-70-64(67)58-55-52-49-18-15-12-9-6-3)72-66(69)60-57-54-51-48-46-43-22-20-17-14-11-8-5-2/h8,11,17,20,25-26,43,46,63H,4-7,9-10,12-16,18-19,21-24,27-42,44-45,47-62H2,1-3H3/b11-8-,20-17-,26-25-,46-43-. The highest BCUT2D eigenvalue weighted by molar-refractivity contribution is 5.71. The van der Waals surface area contributed by atoms with Crippen molar-refractivity contribution in [2.75, 3.05) is 13.2 Å². The molecule has 0 radical (unpaired) electrons. The van der Waals surface area contributed by atoms with Gasteiger partial charge in [-0.05, 0) is 77.0 Å². The highest BCUT2D eigenvalue weighted by atomic mass is 16.6. The number of ether oxygens (including phenoxy) is 3. The van der Waals surface area contributed by atoms with Crippen LogP contribution in [0.2, 0.25) is 0 Å². The number of carbonyl (C=O) groups excluding carboxylic acids is 3. The molecule has 0 aliphatic heterocycles. The average Bonchev–Trinajstić information content (AvgIpc) is 3.38. The van der Waals surface area contributed by atoms with Crippen LogP contribution in [0.4, 0.5) is 0 Å². The maximum Gasteiger partial charge on any atom is 0.306 e. The Morgan fingerprint density at radius 2 is 0.542 bits per heavy atom. The monoisotopic (exact) mass is 1010 g/mol. The minimum absolute atomic E-state index is 0.0813. The van der Waals surface area contributed by atoms with Gasteiger partial charge in [0.2, 0.25) is 0 Å². The number of rotatable bonds is 58. The molecule has 0 saturated heterocycles. The summed E-state index contributed by atoms with van der Waals surface area (Å²) in [6.45, 7) is 6.50. The van der Waals surface area contributed by atoms with Gasteiger partial charge in [-0.3, -0.25) is 14.4 Å². The van der Waals surface area contributed by atoms with Crippen LogP contribution >= 0.6 is 0 Å². The van der Waals surface area contributed by atoms with E-state index >= 15 is 0 Å². The van der Waals surface area contributed by atoms with Crippen LogP contribution in [0.1, 0.15) is 335 Å². The van der Waals surface area contributed by atoms with Crippen molar-refractivity contribution in [2.45, 2.75) is 341 Å². The quantitative estimate of drug-likeness (QED) is 0.0261. The normalized spacial score (nSPS) is 12.3. The lowest BCUT2D eigenvalue weighted by atomic mass is 10.0. The van der Waals surface area contributed by atoms with E-state index in [1.807, 2.05) is 0 Å².